The second-order valence-electron chi connectivity index (χ2n) is 7.46. The van der Waals surface area contributed by atoms with Gasteiger partial charge in [0.05, 0.1) is 23.0 Å². The number of nitrogens with one attached hydrogen (secondary N) is 1. The lowest BCUT2D eigenvalue weighted by atomic mass is 10.1. The summed E-state index contributed by atoms with van der Waals surface area (Å²) >= 11 is 6.41. The highest BCUT2D eigenvalue weighted by Crippen LogP contribution is 2.30. The van der Waals surface area contributed by atoms with Gasteiger partial charge in [-0.1, -0.05) is 55.8 Å². The molecule has 3 rings (SSSR count). The Labute approximate surface area is 181 Å². The van der Waals surface area contributed by atoms with Crippen molar-refractivity contribution in [3.8, 4) is 17.0 Å². The van der Waals surface area contributed by atoms with Crippen LogP contribution in [0.25, 0.3) is 11.3 Å². The number of ether oxygens (including phenoxy) is 1. The van der Waals surface area contributed by atoms with Gasteiger partial charge in [-0.25, -0.2) is 9.37 Å². The van der Waals surface area contributed by atoms with Gasteiger partial charge in [0.15, 0.2) is 0 Å². The van der Waals surface area contributed by atoms with Crippen LogP contribution in [0.15, 0.2) is 60.7 Å². The molecule has 0 spiro atoms. The van der Waals surface area contributed by atoms with Gasteiger partial charge in [0.25, 0.3) is 0 Å². The van der Waals surface area contributed by atoms with Crippen molar-refractivity contribution in [2.75, 3.05) is 6.61 Å². The fraction of sp³-hybridized carbons (Fsp3) is 0.292. The highest BCUT2D eigenvalue weighted by atomic mass is 35.5. The van der Waals surface area contributed by atoms with Gasteiger partial charge in [0, 0.05) is 18.2 Å². The topological polar surface area (TPSA) is 54.4 Å². The first-order valence-corrected chi connectivity index (χ1v) is 10.3. The van der Waals surface area contributed by atoms with Gasteiger partial charge in [-0.2, -0.15) is 0 Å². The van der Waals surface area contributed by atoms with Crippen LogP contribution in [0, 0.1) is 11.7 Å². The average Bonchev–Trinajstić information content (AvgIpc) is 2.75. The molecule has 0 saturated heterocycles. The molecule has 0 aliphatic heterocycles. The molecular formula is C24H26ClFN2O2. The number of halogens is 2. The zero-order chi connectivity index (χ0) is 21.5. The smallest absolute Gasteiger partial charge is 0.146 e. The van der Waals surface area contributed by atoms with E-state index in [0.717, 1.165) is 11.1 Å². The number of hydrogen-bond acceptors (Lipinski definition) is 4. The van der Waals surface area contributed by atoms with Crippen LogP contribution in [0.1, 0.15) is 25.1 Å². The van der Waals surface area contributed by atoms with Gasteiger partial charge < -0.3 is 15.2 Å². The minimum absolute atomic E-state index is 0.0149. The van der Waals surface area contributed by atoms with Crippen molar-refractivity contribution in [2.24, 2.45) is 5.92 Å². The predicted molar refractivity (Wildman–Crippen MR) is 118 cm³/mol. The van der Waals surface area contributed by atoms with Gasteiger partial charge in [-0.05, 0) is 41.8 Å². The molecule has 0 unspecified atom stereocenters. The summed E-state index contributed by atoms with van der Waals surface area (Å²) < 4.78 is 20.0. The molecule has 1 heterocycles. The fourth-order valence-corrected chi connectivity index (χ4v) is 3.26. The van der Waals surface area contributed by atoms with E-state index in [-0.39, 0.29) is 30.9 Å². The molecule has 30 heavy (non-hydrogen) atoms. The third kappa shape index (κ3) is 5.79. The Morgan fingerprint density at radius 1 is 1.10 bits per heavy atom. The molecule has 0 aliphatic rings. The molecule has 0 saturated carbocycles. The number of aromatic nitrogens is 1. The Morgan fingerprint density at radius 3 is 2.53 bits per heavy atom. The van der Waals surface area contributed by atoms with E-state index in [1.807, 2.05) is 50.2 Å². The zero-order valence-corrected chi connectivity index (χ0v) is 17.9. The number of pyridine rings is 1. The zero-order valence-electron chi connectivity index (χ0n) is 17.1. The number of aliphatic hydroxyl groups is 1. The number of aliphatic hydroxyl groups excluding tert-OH is 1. The van der Waals surface area contributed by atoms with Crippen LogP contribution in [0.3, 0.4) is 0 Å². The first-order chi connectivity index (χ1) is 14.5. The van der Waals surface area contributed by atoms with E-state index in [4.69, 9.17) is 16.3 Å². The van der Waals surface area contributed by atoms with Crippen molar-refractivity contribution in [3.63, 3.8) is 0 Å². The molecule has 0 bridgehead atoms. The molecular weight excluding hydrogens is 403 g/mol. The molecule has 0 radical (unpaired) electrons. The van der Waals surface area contributed by atoms with Gasteiger partial charge >= 0.3 is 0 Å². The number of hydrogen-bond donors (Lipinski definition) is 2. The van der Waals surface area contributed by atoms with Crippen LogP contribution in [-0.4, -0.2) is 22.7 Å². The maximum absolute atomic E-state index is 14.2. The number of nitrogens with zero attached hydrogens (tertiary/aromatic N) is 1. The van der Waals surface area contributed by atoms with E-state index in [2.05, 4.69) is 10.3 Å². The lowest BCUT2D eigenvalue weighted by molar-refractivity contribution is 0.209. The van der Waals surface area contributed by atoms with E-state index in [9.17, 15) is 9.50 Å². The van der Waals surface area contributed by atoms with Crippen molar-refractivity contribution >= 4 is 11.6 Å². The van der Waals surface area contributed by atoms with E-state index in [1.54, 1.807) is 18.2 Å². The standard InChI is InChI=1S/C24H26ClFN2O2/c1-16(2)23(14-29)27-13-22-20(26)9-10-21(28-22)18-8-11-24(19(25)12-18)30-15-17-6-4-3-5-7-17/h3-12,16,23,27,29H,13-15H2,1-2H3/t23-/m0/s1. The first kappa shape index (κ1) is 22.2. The van der Waals surface area contributed by atoms with E-state index in [1.165, 1.54) is 6.07 Å². The summed E-state index contributed by atoms with van der Waals surface area (Å²) in [7, 11) is 0. The summed E-state index contributed by atoms with van der Waals surface area (Å²) in [5, 5.41) is 13.1. The Bertz CT molecular complexity index is 967. The van der Waals surface area contributed by atoms with Crippen molar-refractivity contribution < 1.29 is 14.2 Å². The van der Waals surface area contributed by atoms with E-state index < -0.39 is 0 Å². The SMILES string of the molecule is CC(C)[C@H](CO)NCc1nc(-c2ccc(OCc3ccccc3)c(Cl)c2)ccc1F. The minimum Gasteiger partial charge on any atom is -0.487 e. The monoisotopic (exact) mass is 428 g/mol. The Balaban J connectivity index is 1.73. The molecule has 0 aliphatic carbocycles. The quantitative estimate of drug-likeness (QED) is 0.490. The largest absolute Gasteiger partial charge is 0.487 e. The predicted octanol–water partition coefficient (Wildman–Crippen LogP) is 5.23. The molecule has 2 aromatic carbocycles. The molecule has 1 aromatic heterocycles. The summed E-state index contributed by atoms with van der Waals surface area (Å²) in [4.78, 5) is 4.45. The lowest BCUT2D eigenvalue weighted by Gasteiger charge is -2.20. The molecule has 0 amide bonds. The van der Waals surface area contributed by atoms with Crippen LogP contribution in [0.4, 0.5) is 4.39 Å². The van der Waals surface area contributed by atoms with Crippen molar-refractivity contribution in [1.29, 1.82) is 0 Å². The highest BCUT2D eigenvalue weighted by Gasteiger charge is 2.14. The third-order valence-corrected chi connectivity index (χ3v) is 5.21. The van der Waals surface area contributed by atoms with Gasteiger partial charge in [0.1, 0.15) is 18.2 Å². The molecule has 2 N–H and O–H groups in total. The van der Waals surface area contributed by atoms with Crippen LogP contribution in [0.2, 0.25) is 5.02 Å². The minimum atomic E-state index is -0.388. The lowest BCUT2D eigenvalue weighted by Crippen LogP contribution is -2.36. The van der Waals surface area contributed by atoms with Crippen LogP contribution < -0.4 is 10.1 Å². The number of rotatable bonds is 9. The highest BCUT2D eigenvalue weighted by molar-refractivity contribution is 6.32. The maximum Gasteiger partial charge on any atom is 0.146 e. The normalized spacial score (nSPS) is 12.2. The first-order valence-electron chi connectivity index (χ1n) is 9.94. The van der Waals surface area contributed by atoms with E-state index in [0.29, 0.717) is 28.8 Å². The number of benzene rings is 2. The van der Waals surface area contributed by atoms with E-state index >= 15 is 0 Å². The molecule has 3 aromatic rings. The summed E-state index contributed by atoms with van der Waals surface area (Å²) in [5.74, 6) is 0.417. The molecule has 6 heteroatoms. The molecule has 4 nitrogen and oxygen atoms in total. The second kappa shape index (κ2) is 10.5. The molecule has 0 fully saturated rings. The Morgan fingerprint density at radius 2 is 1.87 bits per heavy atom. The van der Waals surface area contributed by atoms with Gasteiger partial charge in [0.2, 0.25) is 0 Å². The Hall–Kier alpha value is -2.47. The average molecular weight is 429 g/mol. The van der Waals surface area contributed by atoms with Crippen LogP contribution in [-0.2, 0) is 13.2 Å². The van der Waals surface area contributed by atoms with Crippen molar-refractivity contribution in [1.82, 2.24) is 10.3 Å². The summed E-state index contributed by atoms with van der Waals surface area (Å²) in [5.41, 5.74) is 2.75. The van der Waals surface area contributed by atoms with Gasteiger partial charge in [-0.15, -0.1) is 0 Å². The maximum atomic E-state index is 14.2. The van der Waals surface area contributed by atoms with Crippen molar-refractivity contribution in [2.45, 2.75) is 33.0 Å². The Kier molecular flexibility index (Phi) is 7.80. The summed E-state index contributed by atoms with van der Waals surface area (Å²) in [6, 6.07) is 18.2. The van der Waals surface area contributed by atoms with Crippen LogP contribution >= 0.6 is 11.6 Å². The second-order valence-corrected chi connectivity index (χ2v) is 7.87. The fourth-order valence-electron chi connectivity index (χ4n) is 3.02. The summed E-state index contributed by atoms with van der Waals surface area (Å²) in [6.45, 7) is 4.63. The molecule has 1 atom stereocenters. The van der Waals surface area contributed by atoms with Crippen molar-refractivity contribution in [3.05, 3.63) is 82.8 Å². The van der Waals surface area contributed by atoms with Crippen LogP contribution in [0.5, 0.6) is 5.75 Å². The third-order valence-electron chi connectivity index (χ3n) is 4.92. The van der Waals surface area contributed by atoms with Gasteiger partial charge in [-0.3, -0.25) is 0 Å². The molecule has 158 valence electrons. The summed E-state index contributed by atoms with van der Waals surface area (Å²) in [6.07, 6.45) is 0.